The highest BCUT2D eigenvalue weighted by molar-refractivity contribution is 4.89. The first-order chi connectivity index (χ1) is 8.87. The molecule has 0 rings (SSSR count). The summed E-state index contributed by atoms with van der Waals surface area (Å²) in [6.07, 6.45) is 8.12. The van der Waals surface area contributed by atoms with Crippen molar-refractivity contribution in [3.63, 3.8) is 0 Å². The van der Waals surface area contributed by atoms with Crippen LogP contribution in [0.15, 0.2) is 0 Å². The number of rotatable bonds is 10. The third-order valence-electron chi connectivity index (χ3n) is 5.94. The van der Waals surface area contributed by atoms with Gasteiger partial charge in [-0.25, -0.2) is 0 Å². The molecular weight excluding hydrogens is 228 g/mol. The summed E-state index contributed by atoms with van der Waals surface area (Å²) in [5, 5.41) is 0. The van der Waals surface area contributed by atoms with Crippen molar-refractivity contribution in [3.05, 3.63) is 0 Å². The van der Waals surface area contributed by atoms with E-state index in [2.05, 4.69) is 55.4 Å². The zero-order chi connectivity index (χ0) is 15.1. The fraction of sp³-hybridized carbons (Fsp3) is 1.00. The Bertz CT molecular complexity index is 220. The highest BCUT2D eigenvalue weighted by atomic mass is 14.4. The number of hydrogen-bond donors (Lipinski definition) is 0. The van der Waals surface area contributed by atoms with E-state index in [1.165, 1.54) is 38.5 Å². The molecule has 5 atom stereocenters. The molecular formula is C19H40. The highest BCUT2D eigenvalue weighted by Gasteiger charge is 2.40. The van der Waals surface area contributed by atoms with Crippen LogP contribution in [-0.4, -0.2) is 0 Å². The second kappa shape index (κ2) is 9.03. The van der Waals surface area contributed by atoms with Gasteiger partial charge in [0.1, 0.15) is 0 Å². The van der Waals surface area contributed by atoms with Crippen LogP contribution in [0.2, 0.25) is 0 Å². The maximum Gasteiger partial charge on any atom is -0.0267 e. The molecule has 0 saturated carbocycles. The lowest BCUT2D eigenvalue weighted by Gasteiger charge is -2.46. The molecule has 0 aliphatic heterocycles. The van der Waals surface area contributed by atoms with Crippen LogP contribution in [0, 0.1) is 29.1 Å². The van der Waals surface area contributed by atoms with Gasteiger partial charge in [-0.3, -0.25) is 0 Å². The average Bonchev–Trinajstić information content (AvgIpc) is 2.38. The first kappa shape index (κ1) is 19.0. The Hall–Kier alpha value is 0. The third-order valence-corrected chi connectivity index (χ3v) is 5.94. The minimum Gasteiger partial charge on any atom is -0.0654 e. The quantitative estimate of drug-likeness (QED) is 0.402. The van der Waals surface area contributed by atoms with Gasteiger partial charge in [0.2, 0.25) is 0 Å². The molecule has 0 radical (unpaired) electrons. The van der Waals surface area contributed by atoms with Crippen molar-refractivity contribution in [1.29, 1.82) is 0 Å². The molecule has 0 aromatic heterocycles. The van der Waals surface area contributed by atoms with Crippen molar-refractivity contribution in [3.8, 4) is 0 Å². The van der Waals surface area contributed by atoms with E-state index < -0.39 is 0 Å². The molecule has 19 heavy (non-hydrogen) atoms. The van der Waals surface area contributed by atoms with Crippen LogP contribution in [0.5, 0.6) is 0 Å². The van der Waals surface area contributed by atoms with Crippen molar-refractivity contribution >= 4 is 0 Å². The van der Waals surface area contributed by atoms with Crippen LogP contribution in [0.3, 0.4) is 0 Å². The summed E-state index contributed by atoms with van der Waals surface area (Å²) in [6, 6.07) is 0. The Labute approximate surface area is 123 Å². The van der Waals surface area contributed by atoms with Crippen LogP contribution >= 0.6 is 0 Å². The van der Waals surface area contributed by atoms with Gasteiger partial charge < -0.3 is 0 Å². The zero-order valence-corrected chi connectivity index (χ0v) is 15.1. The molecule has 0 aliphatic rings. The summed E-state index contributed by atoms with van der Waals surface area (Å²) in [5.74, 6) is 3.46. The van der Waals surface area contributed by atoms with Crippen LogP contribution in [-0.2, 0) is 0 Å². The minimum absolute atomic E-state index is 0.521. The normalized spacial score (nSPS) is 21.5. The summed E-state index contributed by atoms with van der Waals surface area (Å²) >= 11 is 0. The van der Waals surface area contributed by atoms with Gasteiger partial charge in [0.15, 0.2) is 0 Å². The lowest BCUT2D eigenvalue weighted by Crippen LogP contribution is -2.38. The molecule has 0 aromatic carbocycles. The third kappa shape index (κ3) is 5.12. The average molecular weight is 269 g/mol. The topological polar surface area (TPSA) is 0 Å². The van der Waals surface area contributed by atoms with E-state index in [1.54, 1.807) is 0 Å². The summed E-state index contributed by atoms with van der Waals surface area (Å²) in [6.45, 7) is 19.5. The van der Waals surface area contributed by atoms with Gasteiger partial charge >= 0.3 is 0 Å². The Morgan fingerprint density at radius 1 is 0.842 bits per heavy atom. The maximum absolute atomic E-state index is 2.59. The first-order valence-electron chi connectivity index (χ1n) is 8.87. The van der Waals surface area contributed by atoms with E-state index in [4.69, 9.17) is 0 Å². The fourth-order valence-corrected chi connectivity index (χ4v) is 4.25. The van der Waals surface area contributed by atoms with Crippen LogP contribution in [0.4, 0.5) is 0 Å². The summed E-state index contributed by atoms with van der Waals surface area (Å²) in [5.41, 5.74) is 0.521. The lowest BCUT2D eigenvalue weighted by molar-refractivity contribution is 0.0280. The molecule has 0 fully saturated rings. The molecule has 0 aromatic rings. The molecule has 0 saturated heterocycles. The van der Waals surface area contributed by atoms with Crippen molar-refractivity contribution < 1.29 is 0 Å². The molecule has 0 bridgehead atoms. The Kier molecular flexibility index (Phi) is 9.03. The second-order valence-electron chi connectivity index (χ2n) is 7.31. The minimum atomic E-state index is 0.521. The van der Waals surface area contributed by atoms with Crippen LogP contribution < -0.4 is 0 Å². The van der Waals surface area contributed by atoms with E-state index in [9.17, 15) is 0 Å². The SMILES string of the molecule is CCCC(C)C(CC)C(C)(CC(C)CC)C(C)CC. The Morgan fingerprint density at radius 2 is 1.42 bits per heavy atom. The maximum atomic E-state index is 2.59. The largest absolute Gasteiger partial charge is 0.0654 e. The molecule has 0 aliphatic carbocycles. The van der Waals surface area contributed by atoms with E-state index >= 15 is 0 Å². The van der Waals surface area contributed by atoms with E-state index in [0.29, 0.717) is 5.41 Å². The van der Waals surface area contributed by atoms with Gasteiger partial charge in [0, 0.05) is 0 Å². The van der Waals surface area contributed by atoms with Gasteiger partial charge in [0.25, 0.3) is 0 Å². The van der Waals surface area contributed by atoms with Crippen molar-refractivity contribution in [2.45, 2.75) is 93.9 Å². The highest BCUT2D eigenvalue weighted by Crippen LogP contribution is 2.48. The molecule has 0 heteroatoms. The van der Waals surface area contributed by atoms with E-state index in [1.807, 2.05) is 0 Å². The summed E-state index contributed by atoms with van der Waals surface area (Å²) in [4.78, 5) is 0. The predicted octanol–water partition coefficient (Wildman–Crippen LogP) is 6.94. The number of hydrogen-bond acceptors (Lipinski definition) is 0. The first-order valence-corrected chi connectivity index (χ1v) is 8.87. The monoisotopic (exact) mass is 268 g/mol. The Balaban J connectivity index is 5.16. The van der Waals surface area contributed by atoms with Gasteiger partial charge in [-0.05, 0) is 35.5 Å². The lowest BCUT2D eigenvalue weighted by atomic mass is 9.59. The Morgan fingerprint density at radius 3 is 1.79 bits per heavy atom. The van der Waals surface area contributed by atoms with Crippen LogP contribution in [0.25, 0.3) is 0 Å². The van der Waals surface area contributed by atoms with Crippen molar-refractivity contribution in [2.24, 2.45) is 29.1 Å². The van der Waals surface area contributed by atoms with E-state index in [0.717, 1.165) is 23.7 Å². The molecule has 0 nitrogen and oxygen atoms in total. The molecule has 0 N–H and O–H groups in total. The summed E-state index contributed by atoms with van der Waals surface area (Å²) < 4.78 is 0. The fourth-order valence-electron chi connectivity index (χ4n) is 4.25. The molecule has 116 valence electrons. The standard InChI is InChI=1S/C19H40/c1-9-13-16(6)18(12-4)19(8,17(7)11-3)14-15(5)10-2/h15-18H,9-14H2,1-8H3. The van der Waals surface area contributed by atoms with Gasteiger partial charge in [-0.15, -0.1) is 0 Å². The molecule has 5 unspecified atom stereocenters. The van der Waals surface area contributed by atoms with E-state index in [-0.39, 0.29) is 0 Å². The van der Waals surface area contributed by atoms with Gasteiger partial charge in [0.05, 0.1) is 0 Å². The summed E-state index contributed by atoms with van der Waals surface area (Å²) in [7, 11) is 0. The molecule has 0 amide bonds. The second-order valence-corrected chi connectivity index (χ2v) is 7.31. The van der Waals surface area contributed by atoms with Gasteiger partial charge in [-0.2, -0.15) is 0 Å². The van der Waals surface area contributed by atoms with Crippen molar-refractivity contribution in [1.82, 2.24) is 0 Å². The van der Waals surface area contributed by atoms with Crippen molar-refractivity contribution in [2.75, 3.05) is 0 Å². The molecule has 0 heterocycles. The van der Waals surface area contributed by atoms with Crippen LogP contribution in [0.1, 0.15) is 93.9 Å². The van der Waals surface area contributed by atoms with Gasteiger partial charge in [-0.1, -0.05) is 87.5 Å². The molecule has 0 spiro atoms. The smallest absolute Gasteiger partial charge is 0.0267 e. The predicted molar refractivity (Wildman–Crippen MR) is 89.5 cm³/mol. The zero-order valence-electron chi connectivity index (χ0n) is 15.1.